The van der Waals surface area contributed by atoms with Crippen molar-refractivity contribution >= 4 is 55.8 Å². The highest BCUT2D eigenvalue weighted by atomic mass is 32.1. The number of para-hydroxylation sites is 1. The molecule has 1 fully saturated rings. The van der Waals surface area contributed by atoms with E-state index in [1.807, 2.05) is 36.6 Å². The lowest BCUT2D eigenvalue weighted by Crippen LogP contribution is -2.42. The SMILES string of the molecule is CCN(C(=O)COC(=O)[C@@H]1CCCN1C(=O)c1cccs1)c1nc2ccccc2s1. The lowest BCUT2D eigenvalue weighted by atomic mass is 10.2. The zero-order chi connectivity index (χ0) is 21.1. The Hall–Kier alpha value is -2.78. The highest BCUT2D eigenvalue weighted by molar-refractivity contribution is 7.22. The molecule has 1 aromatic carbocycles. The summed E-state index contributed by atoms with van der Waals surface area (Å²) in [6, 6.07) is 10.6. The number of esters is 1. The maximum absolute atomic E-state index is 12.7. The number of ether oxygens (including phenoxy) is 1. The molecular formula is C21H21N3O4S2. The number of hydrogen-bond donors (Lipinski definition) is 0. The predicted octanol–water partition coefficient (Wildman–Crippen LogP) is 3.56. The monoisotopic (exact) mass is 443 g/mol. The van der Waals surface area contributed by atoms with Gasteiger partial charge in [0.05, 0.1) is 15.1 Å². The molecule has 1 saturated heterocycles. The molecule has 0 spiro atoms. The van der Waals surface area contributed by atoms with Crippen molar-refractivity contribution in [2.24, 2.45) is 0 Å². The number of thiazole rings is 1. The van der Waals surface area contributed by atoms with Crippen molar-refractivity contribution in [2.75, 3.05) is 24.6 Å². The largest absolute Gasteiger partial charge is 0.454 e. The molecule has 2 amide bonds. The lowest BCUT2D eigenvalue weighted by Gasteiger charge is -2.23. The van der Waals surface area contributed by atoms with Gasteiger partial charge in [0.25, 0.3) is 11.8 Å². The number of nitrogens with zero attached hydrogens (tertiary/aromatic N) is 3. The number of fused-ring (bicyclic) bond motifs is 1. The number of aromatic nitrogens is 1. The summed E-state index contributed by atoms with van der Waals surface area (Å²) in [6.07, 6.45) is 1.27. The van der Waals surface area contributed by atoms with Crippen LogP contribution < -0.4 is 4.90 Å². The summed E-state index contributed by atoms with van der Waals surface area (Å²) in [4.78, 5) is 46.1. The van der Waals surface area contributed by atoms with E-state index >= 15 is 0 Å². The minimum Gasteiger partial charge on any atom is -0.454 e. The van der Waals surface area contributed by atoms with E-state index in [1.54, 1.807) is 17.0 Å². The van der Waals surface area contributed by atoms with Crippen molar-refractivity contribution in [3.8, 4) is 0 Å². The van der Waals surface area contributed by atoms with Crippen molar-refractivity contribution in [1.82, 2.24) is 9.88 Å². The summed E-state index contributed by atoms with van der Waals surface area (Å²) in [6.45, 7) is 2.41. The van der Waals surface area contributed by atoms with Gasteiger partial charge >= 0.3 is 5.97 Å². The van der Waals surface area contributed by atoms with Gasteiger partial charge in [-0.1, -0.05) is 29.5 Å². The van der Waals surface area contributed by atoms with Gasteiger partial charge in [-0.05, 0) is 43.3 Å². The van der Waals surface area contributed by atoms with Crippen LogP contribution >= 0.6 is 22.7 Å². The summed E-state index contributed by atoms with van der Waals surface area (Å²) in [5.74, 6) is -1.04. The molecule has 2 aromatic heterocycles. The third-order valence-electron chi connectivity index (χ3n) is 4.99. The average molecular weight is 444 g/mol. The van der Waals surface area contributed by atoms with E-state index in [0.29, 0.717) is 29.5 Å². The van der Waals surface area contributed by atoms with Crippen LogP contribution in [0.2, 0.25) is 0 Å². The number of likely N-dealkylation sites (N-methyl/N-ethyl adjacent to an activating group) is 1. The molecule has 3 heterocycles. The van der Waals surface area contributed by atoms with Crippen LogP contribution in [0.15, 0.2) is 41.8 Å². The Morgan fingerprint density at radius 1 is 1.23 bits per heavy atom. The Labute approximate surface area is 181 Å². The molecule has 7 nitrogen and oxygen atoms in total. The molecule has 0 N–H and O–H groups in total. The van der Waals surface area contributed by atoms with Gasteiger partial charge in [-0.2, -0.15) is 0 Å². The molecule has 4 rings (SSSR count). The van der Waals surface area contributed by atoms with E-state index in [1.165, 1.54) is 27.6 Å². The number of carbonyl (C=O) groups is 3. The van der Waals surface area contributed by atoms with Gasteiger partial charge in [0.2, 0.25) is 0 Å². The van der Waals surface area contributed by atoms with Crippen molar-refractivity contribution < 1.29 is 19.1 Å². The number of hydrogen-bond acceptors (Lipinski definition) is 7. The van der Waals surface area contributed by atoms with Crippen molar-refractivity contribution in [1.29, 1.82) is 0 Å². The van der Waals surface area contributed by atoms with Crippen LogP contribution in [0.4, 0.5) is 5.13 Å². The quantitative estimate of drug-likeness (QED) is 0.544. The zero-order valence-electron chi connectivity index (χ0n) is 16.4. The minimum atomic E-state index is -0.648. The van der Waals surface area contributed by atoms with Crippen LogP contribution in [0.5, 0.6) is 0 Å². The molecule has 0 saturated carbocycles. The second kappa shape index (κ2) is 8.93. The van der Waals surface area contributed by atoms with Crippen LogP contribution in [-0.4, -0.2) is 53.4 Å². The molecule has 0 radical (unpaired) electrons. The summed E-state index contributed by atoms with van der Waals surface area (Å²) in [5.41, 5.74) is 0.828. The topological polar surface area (TPSA) is 79.8 Å². The Morgan fingerprint density at radius 2 is 2.07 bits per heavy atom. The van der Waals surface area contributed by atoms with Gasteiger partial charge in [-0.3, -0.25) is 14.5 Å². The van der Waals surface area contributed by atoms with Gasteiger partial charge in [0, 0.05) is 13.1 Å². The first-order valence-electron chi connectivity index (χ1n) is 9.75. The highest BCUT2D eigenvalue weighted by Crippen LogP contribution is 2.29. The van der Waals surface area contributed by atoms with Crippen molar-refractivity contribution in [3.63, 3.8) is 0 Å². The smallest absolute Gasteiger partial charge is 0.329 e. The Bertz CT molecular complexity index is 1030. The number of benzene rings is 1. The predicted molar refractivity (Wildman–Crippen MR) is 117 cm³/mol. The average Bonchev–Trinajstić information content (AvgIpc) is 3.52. The first kappa shape index (κ1) is 20.5. The summed E-state index contributed by atoms with van der Waals surface area (Å²) < 4.78 is 6.31. The number of anilines is 1. The molecule has 0 bridgehead atoms. The third-order valence-corrected chi connectivity index (χ3v) is 6.90. The number of thiophene rings is 1. The van der Waals surface area contributed by atoms with Gasteiger partial charge in [-0.25, -0.2) is 9.78 Å². The standard InChI is InChI=1S/C21H21N3O4S2/c1-2-23(21-22-14-7-3-4-9-16(14)30-21)18(25)13-28-20(27)15-8-5-11-24(15)19(26)17-10-6-12-29-17/h3-4,6-7,9-10,12,15H,2,5,8,11,13H2,1H3/t15-/m0/s1. The third kappa shape index (κ3) is 4.08. The van der Waals surface area contributed by atoms with Crippen LogP contribution in [0.25, 0.3) is 10.2 Å². The van der Waals surface area contributed by atoms with E-state index in [9.17, 15) is 14.4 Å². The maximum Gasteiger partial charge on any atom is 0.329 e. The van der Waals surface area contributed by atoms with E-state index < -0.39 is 12.0 Å². The number of likely N-dealkylation sites (tertiary alicyclic amines) is 1. The van der Waals surface area contributed by atoms with Crippen LogP contribution in [0.1, 0.15) is 29.4 Å². The molecule has 30 heavy (non-hydrogen) atoms. The summed E-state index contributed by atoms with van der Waals surface area (Å²) >= 11 is 2.77. The minimum absolute atomic E-state index is 0.166. The van der Waals surface area contributed by atoms with E-state index in [2.05, 4.69) is 4.98 Å². The summed E-state index contributed by atoms with van der Waals surface area (Å²) in [5, 5.41) is 2.41. The maximum atomic E-state index is 12.7. The normalized spacial score (nSPS) is 16.0. The first-order chi connectivity index (χ1) is 14.6. The van der Waals surface area contributed by atoms with Gasteiger partial charge in [-0.15, -0.1) is 11.3 Å². The van der Waals surface area contributed by atoms with E-state index in [0.717, 1.165) is 16.6 Å². The van der Waals surface area contributed by atoms with E-state index in [4.69, 9.17) is 4.74 Å². The number of amides is 2. The highest BCUT2D eigenvalue weighted by Gasteiger charge is 2.36. The Morgan fingerprint density at radius 3 is 2.80 bits per heavy atom. The van der Waals surface area contributed by atoms with Crippen molar-refractivity contribution in [3.05, 3.63) is 46.7 Å². The van der Waals surface area contributed by atoms with E-state index in [-0.39, 0.29) is 18.4 Å². The molecule has 1 aliphatic heterocycles. The zero-order valence-corrected chi connectivity index (χ0v) is 18.1. The molecule has 3 aromatic rings. The molecule has 0 unspecified atom stereocenters. The fourth-order valence-corrected chi connectivity index (χ4v) is 5.22. The molecule has 1 atom stereocenters. The summed E-state index contributed by atoms with van der Waals surface area (Å²) in [7, 11) is 0. The Kier molecular flexibility index (Phi) is 6.10. The molecule has 0 aliphatic carbocycles. The van der Waals surface area contributed by atoms with Gasteiger partial charge in [0.15, 0.2) is 11.7 Å². The fraction of sp³-hybridized carbons (Fsp3) is 0.333. The molecule has 1 aliphatic rings. The second-order valence-corrected chi connectivity index (χ2v) is 8.80. The second-order valence-electron chi connectivity index (χ2n) is 6.84. The van der Waals surface area contributed by atoms with Gasteiger partial charge in [0.1, 0.15) is 6.04 Å². The fourth-order valence-electron chi connectivity index (χ4n) is 3.50. The van der Waals surface area contributed by atoms with Crippen molar-refractivity contribution in [2.45, 2.75) is 25.8 Å². The number of carbonyl (C=O) groups excluding carboxylic acids is 3. The molecule has 156 valence electrons. The molecule has 9 heteroatoms. The van der Waals surface area contributed by atoms with Crippen LogP contribution in [0.3, 0.4) is 0 Å². The lowest BCUT2D eigenvalue weighted by molar-refractivity contribution is -0.151. The molecular weight excluding hydrogens is 422 g/mol. The van der Waals surface area contributed by atoms with Crippen LogP contribution in [-0.2, 0) is 14.3 Å². The first-order valence-corrected chi connectivity index (χ1v) is 11.4. The van der Waals surface area contributed by atoms with Gasteiger partial charge < -0.3 is 9.64 Å². The number of rotatable bonds is 6. The van der Waals surface area contributed by atoms with Crippen LogP contribution in [0, 0.1) is 0 Å². The Balaban J connectivity index is 1.39.